The Kier molecular flexibility index (Phi) is 5.95. The fraction of sp³-hybridized carbons (Fsp3) is 0.208. The van der Waals surface area contributed by atoms with Crippen molar-refractivity contribution in [3.05, 3.63) is 83.9 Å². The first-order valence-electron chi connectivity index (χ1n) is 10.2. The van der Waals surface area contributed by atoms with Crippen LogP contribution in [0.1, 0.15) is 29.3 Å². The summed E-state index contributed by atoms with van der Waals surface area (Å²) in [5.74, 6) is 1.20. The number of rotatable bonds is 6. The van der Waals surface area contributed by atoms with Crippen LogP contribution in [0.15, 0.2) is 72.8 Å². The summed E-state index contributed by atoms with van der Waals surface area (Å²) in [5.41, 5.74) is 2.78. The van der Waals surface area contributed by atoms with Gasteiger partial charge in [0.15, 0.2) is 0 Å². The van der Waals surface area contributed by atoms with Gasteiger partial charge in [-0.15, -0.1) is 0 Å². The lowest BCUT2D eigenvalue weighted by molar-refractivity contribution is 0.102. The van der Waals surface area contributed by atoms with Crippen LogP contribution in [-0.4, -0.2) is 26.6 Å². The maximum absolute atomic E-state index is 12.7. The normalized spacial score (nSPS) is 13.4. The van der Waals surface area contributed by atoms with Crippen LogP contribution in [0.4, 0.5) is 11.4 Å². The smallest absolute Gasteiger partial charge is 0.255 e. The summed E-state index contributed by atoms with van der Waals surface area (Å²) in [4.78, 5) is 12.7. The Morgan fingerprint density at radius 2 is 1.71 bits per heavy atom. The van der Waals surface area contributed by atoms with E-state index in [1.807, 2.05) is 36.4 Å². The van der Waals surface area contributed by atoms with Crippen molar-refractivity contribution in [2.75, 3.05) is 21.9 Å². The first-order chi connectivity index (χ1) is 15.0. The summed E-state index contributed by atoms with van der Waals surface area (Å²) < 4.78 is 31.9. The predicted octanol–water partition coefficient (Wildman–Crippen LogP) is 4.83. The SMILES string of the molecule is CCS(=O)(=O)N1CCCc2cc(NC(=O)c3ccc(Oc4ccccc4)cc3)ccc21. The molecule has 7 heteroatoms. The van der Waals surface area contributed by atoms with Gasteiger partial charge in [0.05, 0.1) is 11.4 Å². The number of hydrogen-bond acceptors (Lipinski definition) is 4. The largest absolute Gasteiger partial charge is 0.457 e. The van der Waals surface area contributed by atoms with Gasteiger partial charge in [0.2, 0.25) is 10.0 Å². The molecule has 3 aromatic rings. The molecule has 0 fully saturated rings. The molecular weight excluding hydrogens is 412 g/mol. The van der Waals surface area contributed by atoms with Crippen LogP contribution in [-0.2, 0) is 16.4 Å². The van der Waals surface area contributed by atoms with Gasteiger partial charge in [-0.1, -0.05) is 18.2 Å². The summed E-state index contributed by atoms with van der Waals surface area (Å²) >= 11 is 0. The highest BCUT2D eigenvalue weighted by molar-refractivity contribution is 7.92. The van der Waals surface area contributed by atoms with Crippen molar-refractivity contribution in [1.29, 1.82) is 0 Å². The Hall–Kier alpha value is -3.32. The summed E-state index contributed by atoms with van der Waals surface area (Å²) in [6, 6.07) is 21.7. The zero-order valence-electron chi connectivity index (χ0n) is 17.2. The topological polar surface area (TPSA) is 75.7 Å². The Labute approximate surface area is 182 Å². The third-order valence-corrected chi connectivity index (χ3v) is 6.99. The first-order valence-corrected chi connectivity index (χ1v) is 11.8. The van der Waals surface area contributed by atoms with Gasteiger partial charge >= 0.3 is 0 Å². The van der Waals surface area contributed by atoms with Crippen LogP contribution in [0, 0.1) is 0 Å². The van der Waals surface area contributed by atoms with Crippen molar-refractivity contribution < 1.29 is 17.9 Å². The molecule has 3 aromatic carbocycles. The highest BCUT2D eigenvalue weighted by atomic mass is 32.2. The third-order valence-electron chi connectivity index (χ3n) is 5.21. The van der Waals surface area contributed by atoms with Crippen molar-refractivity contribution >= 4 is 27.3 Å². The third kappa shape index (κ3) is 4.72. The van der Waals surface area contributed by atoms with Gasteiger partial charge < -0.3 is 10.1 Å². The van der Waals surface area contributed by atoms with E-state index in [1.54, 1.807) is 43.3 Å². The predicted molar refractivity (Wildman–Crippen MR) is 122 cm³/mol. The average molecular weight is 437 g/mol. The van der Waals surface area contributed by atoms with Gasteiger partial charge in [-0.3, -0.25) is 9.10 Å². The lowest BCUT2D eigenvalue weighted by Crippen LogP contribution is -2.36. The monoisotopic (exact) mass is 436 g/mol. The van der Waals surface area contributed by atoms with E-state index in [0.29, 0.717) is 29.2 Å². The second-order valence-electron chi connectivity index (χ2n) is 7.31. The molecule has 1 aliphatic heterocycles. The van der Waals surface area contributed by atoms with Gasteiger partial charge in [-0.05, 0) is 79.9 Å². The zero-order valence-corrected chi connectivity index (χ0v) is 18.1. The number of carbonyl (C=O) groups excluding carboxylic acids is 1. The number of hydrogen-bond donors (Lipinski definition) is 1. The standard InChI is InChI=1S/C24H24N2O4S/c1-2-31(28,29)26-16-6-7-19-17-20(12-15-23(19)26)25-24(27)18-10-13-22(14-11-18)30-21-8-4-3-5-9-21/h3-5,8-15,17H,2,6-7,16H2,1H3,(H,25,27). The molecular formula is C24H24N2O4S. The number of anilines is 2. The van der Waals surface area contributed by atoms with Gasteiger partial charge in [-0.25, -0.2) is 8.42 Å². The molecule has 6 nitrogen and oxygen atoms in total. The Morgan fingerprint density at radius 3 is 2.42 bits per heavy atom. The van der Waals surface area contributed by atoms with Crippen molar-refractivity contribution in [1.82, 2.24) is 0 Å². The number of aryl methyl sites for hydroxylation is 1. The number of nitrogens with one attached hydrogen (secondary N) is 1. The van der Waals surface area contributed by atoms with E-state index in [0.717, 1.165) is 24.2 Å². The highest BCUT2D eigenvalue weighted by Crippen LogP contribution is 2.32. The van der Waals surface area contributed by atoms with Crippen LogP contribution in [0.3, 0.4) is 0 Å². The lowest BCUT2D eigenvalue weighted by atomic mass is 10.0. The molecule has 0 radical (unpaired) electrons. The number of benzene rings is 3. The molecule has 0 saturated carbocycles. The molecule has 1 heterocycles. The minimum Gasteiger partial charge on any atom is -0.457 e. The number of para-hydroxylation sites is 1. The molecule has 160 valence electrons. The number of sulfonamides is 1. The molecule has 0 bridgehead atoms. The summed E-state index contributed by atoms with van der Waals surface area (Å²) in [6.45, 7) is 2.14. The average Bonchev–Trinajstić information content (AvgIpc) is 2.79. The van der Waals surface area contributed by atoms with Gasteiger partial charge in [0.1, 0.15) is 11.5 Å². The minimum atomic E-state index is -3.31. The number of fused-ring (bicyclic) bond motifs is 1. The van der Waals surface area contributed by atoms with E-state index < -0.39 is 10.0 Å². The van der Waals surface area contributed by atoms with E-state index in [2.05, 4.69) is 5.32 Å². The summed E-state index contributed by atoms with van der Waals surface area (Å²) in [5, 5.41) is 2.90. The minimum absolute atomic E-state index is 0.0644. The number of ether oxygens (including phenoxy) is 1. The van der Waals surface area contributed by atoms with Gasteiger partial charge in [0.25, 0.3) is 5.91 Å². The first kappa shape index (κ1) is 20.9. The van der Waals surface area contributed by atoms with Gasteiger partial charge in [-0.2, -0.15) is 0 Å². The molecule has 1 aliphatic rings. The van der Waals surface area contributed by atoms with E-state index in [-0.39, 0.29) is 11.7 Å². The molecule has 4 rings (SSSR count). The Morgan fingerprint density at radius 1 is 1.00 bits per heavy atom. The van der Waals surface area contributed by atoms with Crippen LogP contribution in [0.5, 0.6) is 11.5 Å². The molecule has 0 aromatic heterocycles. The molecule has 0 spiro atoms. The van der Waals surface area contributed by atoms with Gasteiger partial charge in [0, 0.05) is 17.8 Å². The lowest BCUT2D eigenvalue weighted by Gasteiger charge is -2.30. The number of nitrogens with zero attached hydrogens (tertiary/aromatic N) is 1. The van der Waals surface area contributed by atoms with Crippen molar-refractivity contribution in [2.24, 2.45) is 0 Å². The van der Waals surface area contributed by atoms with Crippen LogP contribution < -0.4 is 14.4 Å². The van der Waals surface area contributed by atoms with E-state index in [9.17, 15) is 13.2 Å². The maximum atomic E-state index is 12.7. The summed E-state index contributed by atoms with van der Waals surface area (Å²) in [7, 11) is -3.31. The van der Waals surface area contributed by atoms with E-state index in [1.165, 1.54) is 4.31 Å². The Bertz CT molecular complexity index is 1180. The van der Waals surface area contributed by atoms with Crippen LogP contribution in [0.25, 0.3) is 0 Å². The van der Waals surface area contributed by atoms with Crippen LogP contribution >= 0.6 is 0 Å². The molecule has 0 atom stereocenters. The molecule has 31 heavy (non-hydrogen) atoms. The highest BCUT2D eigenvalue weighted by Gasteiger charge is 2.26. The fourth-order valence-corrected chi connectivity index (χ4v) is 4.78. The molecule has 1 N–H and O–H groups in total. The Balaban J connectivity index is 1.46. The molecule has 0 unspecified atom stereocenters. The molecule has 0 aliphatic carbocycles. The van der Waals surface area contributed by atoms with E-state index in [4.69, 9.17) is 4.74 Å². The van der Waals surface area contributed by atoms with Crippen molar-refractivity contribution in [3.63, 3.8) is 0 Å². The number of carbonyl (C=O) groups is 1. The fourth-order valence-electron chi connectivity index (χ4n) is 3.59. The van der Waals surface area contributed by atoms with Crippen molar-refractivity contribution in [2.45, 2.75) is 19.8 Å². The zero-order chi connectivity index (χ0) is 21.8. The van der Waals surface area contributed by atoms with Crippen LogP contribution in [0.2, 0.25) is 0 Å². The maximum Gasteiger partial charge on any atom is 0.255 e. The number of amides is 1. The summed E-state index contributed by atoms with van der Waals surface area (Å²) in [6.07, 6.45) is 1.53. The molecule has 1 amide bonds. The quantitative estimate of drug-likeness (QED) is 0.600. The van der Waals surface area contributed by atoms with E-state index >= 15 is 0 Å². The second kappa shape index (κ2) is 8.81. The molecule has 0 saturated heterocycles. The second-order valence-corrected chi connectivity index (χ2v) is 9.50. The van der Waals surface area contributed by atoms with Crippen molar-refractivity contribution in [3.8, 4) is 11.5 Å².